The van der Waals surface area contributed by atoms with Gasteiger partial charge in [-0.3, -0.25) is 9.59 Å². The van der Waals surface area contributed by atoms with Crippen molar-refractivity contribution >= 4 is 11.8 Å². The minimum atomic E-state index is -1.08. The quantitative estimate of drug-likeness (QED) is 0.530. The van der Waals surface area contributed by atoms with Gasteiger partial charge in [0.15, 0.2) is 17.3 Å². The van der Waals surface area contributed by atoms with Crippen LogP contribution in [0.25, 0.3) is 0 Å². The number of hydrogen-bond donors (Lipinski definition) is 3. The molecule has 0 spiro atoms. The van der Waals surface area contributed by atoms with Crippen LogP contribution in [0.15, 0.2) is 18.2 Å². The molecule has 0 bridgehead atoms. The summed E-state index contributed by atoms with van der Waals surface area (Å²) in [5.74, 6) is -3.32. The van der Waals surface area contributed by atoms with Gasteiger partial charge >= 0.3 is 5.97 Å². The van der Waals surface area contributed by atoms with Crippen molar-refractivity contribution in [1.82, 2.24) is 0 Å². The van der Waals surface area contributed by atoms with Gasteiger partial charge in [0, 0.05) is 6.42 Å². The number of carboxylic acid groups (broad SMARTS) is 1. The molecule has 0 amide bonds. The Bertz CT molecular complexity index is 424. The molecule has 1 rings (SSSR count). The van der Waals surface area contributed by atoms with Crippen molar-refractivity contribution in [1.29, 1.82) is 0 Å². The molecule has 0 saturated carbocycles. The molecule has 86 valence electrons. The molecule has 3 N–H and O–H groups in total. The first-order valence-electron chi connectivity index (χ1n) is 4.70. The molecule has 5 heteroatoms. The SMILES string of the molecule is C[C@@H](CC(=O)c1cccc(O)c1O)C(=O)O. The lowest BCUT2D eigenvalue weighted by atomic mass is 9.99. The Kier molecular flexibility index (Phi) is 3.50. The van der Waals surface area contributed by atoms with Crippen LogP contribution >= 0.6 is 0 Å². The maximum absolute atomic E-state index is 11.6. The molecule has 0 aliphatic rings. The largest absolute Gasteiger partial charge is 0.504 e. The van der Waals surface area contributed by atoms with E-state index in [4.69, 9.17) is 5.11 Å². The number of aromatic hydroxyl groups is 2. The van der Waals surface area contributed by atoms with Gasteiger partial charge in [-0.15, -0.1) is 0 Å². The molecule has 5 nitrogen and oxygen atoms in total. The molecule has 0 fully saturated rings. The number of rotatable bonds is 4. The summed E-state index contributed by atoms with van der Waals surface area (Å²) >= 11 is 0. The van der Waals surface area contributed by atoms with Gasteiger partial charge in [-0.1, -0.05) is 13.0 Å². The number of phenols is 2. The Morgan fingerprint density at radius 1 is 1.31 bits per heavy atom. The van der Waals surface area contributed by atoms with E-state index in [2.05, 4.69) is 0 Å². The van der Waals surface area contributed by atoms with Crippen molar-refractivity contribution in [3.63, 3.8) is 0 Å². The fraction of sp³-hybridized carbons (Fsp3) is 0.273. The normalized spacial score (nSPS) is 12.1. The second-order valence-corrected chi connectivity index (χ2v) is 3.54. The second kappa shape index (κ2) is 4.65. The molecular weight excluding hydrogens is 212 g/mol. The number of carbonyl (C=O) groups excluding carboxylic acids is 1. The summed E-state index contributed by atoms with van der Waals surface area (Å²) in [6, 6.07) is 3.99. The zero-order chi connectivity index (χ0) is 12.3. The maximum atomic E-state index is 11.6. The molecule has 0 aliphatic carbocycles. The monoisotopic (exact) mass is 224 g/mol. The van der Waals surface area contributed by atoms with Crippen LogP contribution in [0.1, 0.15) is 23.7 Å². The summed E-state index contributed by atoms with van der Waals surface area (Å²) in [7, 11) is 0. The van der Waals surface area contributed by atoms with Crippen molar-refractivity contribution in [2.24, 2.45) is 5.92 Å². The van der Waals surface area contributed by atoms with E-state index in [0.29, 0.717) is 0 Å². The summed E-state index contributed by atoms with van der Waals surface area (Å²) in [4.78, 5) is 22.2. The highest BCUT2D eigenvalue weighted by atomic mass is 16.4. The first-order chi connectivity index (χ1) is 7.43. The molecule has 1 aromatic carbocycles. The highest BCUT2D eigenvalue weighted by molar-refractivity contribution is 6.00. The fourth-order valence-electron chi connectivity index (χ4n) is 1.23. The van der Waals surface area contributed by atoms with Crippen molar-refractivity contribution < 1.29 is 24.9 Å². The van der Waals surface area contributed by atoms with Gasteiger partial charge in [0.25, 0.3) is 0 Å². The molecule has 0 unspecified atom stereocenters. The summed E-state index contributed by atoms with van der Waals surface area (Å²) in [6.45, 7) is 1.40. The Balaban J connectivity index is 2.89. The van der Waals surface area contributed by atoms with Crippen LogP contribution in [0.4, 0.5) is 0 Å². The first kappa shape index (κ1) is 12.0. The molecular formula is C11H12O5. The number of aliphatic carboxylic acids is 1. The van der Waals surface area contributed by atoms with E-state index in [1.165, 1.54) is 25.1 Å². The summed E-state index contributed by atoms with van der Waals surface area (Å²) < 4.78 is 0. The van der Waals surface area contributed by atoms with Crippen LogP contribution in [0.5, 0.6) is 11.5 Å². The summed E-state index contributed by atoms with van der Waals surface area (Å²) in [5.41, 5.74) is -0.0619. The van der Waals surface area contributed by atoms with Crippen LogP contribution in [0.2, 0.25) is 0 Å². The number of para-hydroxylation sites is 1. The lowest BCUT2D eigenvalue weighted by Crippen LogP contribution is -2.14. The van der Waals surface area contributed by atoms with Gasteiger partial charge in [0.1, 0.15) is 0 Å². The van der Waals surface area contributed by atoms with Crippen molar-refractivity contribution in [2.45, 2.75) is 13.3 Å². The summed E-state index contributed by atoms with van der Waals surface area (Å²) in [5, 5.41) is 27.2. The van der Waals surface area contributed by atoms with E-state index in [9.17, 15) is 19.8 Å². The minimum Gasteiger partial charge on any atom is -0.504 e. The molecule has 16 heavy (non-hydrogen) atoms. The molecule has 0 heterocycles. The van der Waals surface area contributed by atoms with E-state index in [1.54, 1.807) is 0 Å². The number of Topliss-reactive ketones (excluding diaryl/α,β-unsaturated/α-hetero) is 1. The zero-order valence-electron chi connectivity index (χ0n) is 8.67. The molecule has 0 aromatic heterocycles. The van der Waals surface area contributed by atoms with E-state index >= 15 is 0 Å². The van der Waals surface area contributed by atoms with Crippen molar-refractivity contribution in [2.75, 3.05) is 0 Å². The first-order valence-corrected chi connectivity index (χ1v) is 4.70. The number of carbonyl (C=O) groups is 2. The van der Waals surface area contributed by atoms with Gasteiger partial charge in [0.05, 0.1) is 11.5 Å². The van der Waals surface area contributed by atoms with Crippen LogP contribution in [0, 0.1) is 5.92 Å². The van der Waals surface area contributed by atoms with E-state index in [-0.39, 0.29) is 12.0 Å². The third-order valence-electron chi connectivity index (χ3n) is 2.23. The van der Waals surface area contributed by atoms with Crippen LogP contribution in [-0.4, -0.2) is 27.1 Å². The van der Waals surface area contributed by atoms with Crippen molar-refractivity contribution in [3.8, 4) is 11.5 Å². The smallest absolute Gasteiger partial charge is 0.306 e. The minimum absolute atomic E-state index is 0.0619. The van der Waals surface area contributed by atoms with Gasteiger partial charge in [-0.25, -0.2) is 0 Å². The van der Waals surface area contributed by atoms with Crippen LogP contribution in [-0.2, 0) is 4.79 Å². The molecule has 0 aliphatic heterocycles. The fourth-order valence-corrected chi connectivity index (χ4v) is 1.23. The highest BCUT2D eigenvalue weighted by Gasteiger charge is 2.20. The number of benzene rings is 1. The predicted molar refractivity (Wildman–Crippen MR) is 55.5 cm³/mol. The average molecular weight is 224 g/mol. The van der Waals surface area contributed by atoms with Gasteiger partial charge in [-0.05, 0) is 12.1 Å². The van der Waals surface area contributed by atoms with Gasteiger partial charge in [-0.2, -0.15) is 0 Å². The van der Waals surface area contributed by atoms with Gasteiger partial charge < -0.3 is 15.3 Å². The predicted octanol–water partition coefficient (Wildman–Crippen LogP) is 1.39. The lowest BCUT2D eigenvalue weighted by molar-refractivity contribution is -0.141. The van der Waals surface area contributed by atoms with Crippen molar-refractivity contribution in [3.05, 3.63) is 23.8 Å². The lowest BCUT2D eigenvalue weighted by Gasteiger charge is -2.07. The highest BCUT2D eigenvalue weighted by Crippen LogP contribution is 2.29. The third-order valence-corrected chi connectivity index (χ3v) is 2.23. The molecule has 0 radical (unpaired) electrons. The molecule has 1 atom stereocenters. The Hall–Kier alpha value is -2.04. The Morgan fingerprint density at radius 3 is 2.50 bits per heavy atom. The van der Waals surface area contributed by atoms with Crippen LogP contribution < -0.4 is 0 Å². The van der Waals surface area contributed by atoms with E-state index < -0.39 is 29.2 Å². The van der Waals surface area contributed by atoms with E-state index in [0.717, 1.165) is 0 Å². The molecule has 1 aromatic rings. The van der Waals surface area contributed by atoms with E-state index in [1.807, 2.05) is 0 Å². The van der Waals surface area contributed by atoms with Crippen LogP contribution in [0.3, 0.4) is 0 Å². The molecule has 0 saturated heterocycles. The third kappa shape index (κ3) is 2.50. The number of phenolic OH excluding ortho intramolecular Hbond substituents is 2. The average Bonchev–Trinajstić information content (AvgIpc) is 2.21. The number of carboxylic acids is 1. The number of ketones is 1. The second-order valence-electron chi connectivity index (χ2n) is 3.54. The maximum Gasteiger partial charge on any atom is 0.306 e. The number of hydrogen-bond acceptors (Lipinski definition) is 4. The summed E-state index contributed by atoms with van der Waals surface area (Å²) in [6.07, 6.45) is -0.216. The van der Waals surface area contributed by atoms with Gasteiger partial charge in [0.2, 0.25) is 0 Å². The standard InChI is InChI=1S/C11H12O5/c1-6(11(15)16)5-9(13)7-3-2-4-8(12)10(7)14/h2-4,6,12,14H,5H2,1H3,(H,15,16)/t6-/m0/s1. The zero-order valence-corrected chi connectivity index (χ0v) is 8.67. The topological polar surface area (TPSA) is 94.8 Å². The Labute approximate surface area is 92.0 Å². The Morgan fingerprint density at radius 2 is 1.94 bits per heavy atom.